The molecule has 0 amide bonds. The molecule has 0 bridgehead atoms. The van der Waals surface area contributed by atoms with E-state index in [9.17, 15) is 0 Å². The molecule has 2 aromatic heterocycles. The molecule has 0 saturated heterocycles. The van der Waals surface area contributed by atoms with Gasteiger partial charge in [0.2, 0.25) is 0 Å². The Morgan fingerprint density at radius 1 is 1.17 bits per heavy atom. The monoisotopic (exact) mass is 282 g/mol. The van der Waals surface area contributed by atoms with Crippen molar-refractivity contribution >= 4 is 33.3 Å². The first-order chi connectivity index (χ1) is 8.63. The summed E-state index contributed by atoms with van der Waals surface area (Å²) in [4.78, 5) is 11.5. The summed E-state index contributed by atoms with van der Waals surface area (Å²) in [5.41, 5.74) is 1.31. The zero-order chi connectivity index (χ0) is 13.1. The van der Waals surface area contributed by atoms with Gasteiger partial charge in [-0.05, 0) is 44.9 Å². The van der Waals surface area contributed by atoms with Crippen molar-refractivity contribution in [2.24, 2.45) is 0 Å². The maximum Gasteiger partial charge on any atom is 0.128 e. The largest absolute Gasteiger partial charge is 0.396 e. The standard InChI is InChI=1S/C13H18N2OS2/c1-8-9(2)18-13-11(8)12(14-10(3)15-13)17-7-5-4-6-16/h16H,4-7H2,1-3H3. The fourth-order valence-electron chi connectivity index (χ4n) is 1.80. The van der Waals surface area contributed by atoms with E-state index in [-0.39, 0.29) is 6.61 Å². The van der Waals surface area contributed by atoms with Crippen molar-refractivity contribution in [3.63, 3.8) is 0 Å². The molecule has 0 spiro atoms. The molecule has 0 fully saturated rings. The molecular formula is C13H18N2OS2. The van der Waals surface area contributed by atoms with Gasteiger partial charge in [0.25, 0.3) is 0 Å². The third-order valence-electron chi connectivity index (χ3n) is 2.90. The molecule has 2 rings (SSSR count). The summed E-state index contributed by atoms with van der Waals surface area (Å²) in [7, 11) is 0. The third-order valence-corrected chi connectivity index (χ3v) is 5.06. The van der Waals surface area contributed by atoms with E-state index in [1.54, 1.807) is 23.1 Å². The number of nitrogens with zero attached hydrogens (tertiary/aromatic N) is 2. The van der Waals surface area contributed by atoms with E-state index in [0.29, 0.717) is 0 Å². The summed E-state index contributed by atoms with van der Waals surface area (Å²) < 4.78 is 0. The highest BCUT2D eigenvalue weighted by atomic mass is 32.2. The quantitative estimate of drug-likeness (QED) is 0.518. The maximum atomic E-state index is 8.79. The predicted octanol–water partition coefficient (Wildman–Crippen LogP) is 3.48. The number of unbranched alkanes of at least 4 members (excludes halogenated alkanes) is 1. The highest BCUT2D eigenvalue weighted by Crippen LogP contribution is 2.35. The van der Waals surface area contributed by atoms with E-state index in [0.717, 1.165) is 34.3 Å². The fraction of sp³-hybridized carbons (Fsp3) is 0.538. The van der Waals surface area contributed by atoms with Crippen molar-refractivity contribution in [2.45, 2.75) is 38.6 Å². The molecule has 0 aromatic carbocycles. The number of aryl methyl sites for hydroxylation is 3. The van der Waals surface area contributed by atoms with Crippen LogP contribution in [0.4, 0.5) is 0 Å². The van der Waals surface area contributed by atoms with Crippen LogP contribution in [-0.2, 0) is 0 Å². The minimum atomic E-state index is 0.273. The van der Waals surface area contributed by atoms with Gasteiger partial charge in [0, 0.05) is 16.9 Å². The molecule has 2 aromatic rings. The zero-order valence-corrected chi connectivity index (χ0v) is 12.6. The number of fused-ring (bicyclic) bond motifs is 1. The average Bonchev–Trinajstić information content (AvgIpc) is 2.60. The van der Waals surface area contributed by atoms with Gasteiger partial charge in [-0.3, -0.25) is 0 Å². The number of hydrogen-bond acceptors (Lipinski definition) is 5. The van der Waals surface area contributed by atoms with Crippen LogP contribution >= 0.6 is 23.1 Å². The van der Waals surface area contributed by atoms with Crippen LogP contribution in [0.25, 0.3) is 10.2 Å². The molecule has 0 saturated carbocycles. The van der Waals surface area contributed by atoms with E-state index in [2.05, 4.69) is 23.8 Å². The molecular weight excluding hydrogens is 264 g/mol. The normalized spacial score (nSPS) is 11.3. The average molecular weight is 282 g/mol. The van der Waals surface area contributed by atoms with Gasteiger partial charge in [0.15, 0.2) is 0 Å². The molecule has 1 N–H and O–H groups in total. The lowest BCUT2D eigenvalue weighted by atomic mass is 10.2. The number of thioether (sulfide) groups is 1. The Morgan fingerprint density at radius 2 is 1.94 bits per heavy atom. The molecule has 0 radical (unpaired) electrons. The van der Waals surface area contributed by atoms with Crippen LogP contribution in [0.1, 0.15) is 29.1 Å². The molecule has 0 aliphatic heterocycles. The molecule has 0 atom stereocenters. The second-order valence-corrected chi connectivity index (χ2v) is 6.61. The van der Waals surface area contributed by atoms with Gasteiger partial charge in [0.1, 0.15) is 15.7 Å². The lowest BCUT2D eigenvalue weighted by Gasteiger charge is -2.04. The zero-order valence-electron chi connectivity index (χ0n) is 11.0. The summed E-state index contributed by atoms with van der Waals surface area (Å²) >= 11 is 3.52. The molecule has 0 unspecified atom stereocenters. The maximum absolute atomic E-state index is 8.79. The molecule has 0 aliphatic carbocycles. The number of hydrogen-bond donors (Lipinski definition) is 1. The summed E-state index contributed by atoms with van der Waals surface area (Å²) in [6, 6.07) is 0. The fourth-order valence-corrected chi connectivity index (χ4v) is 4.07. The van der Waals surface area contributed by atoms with Gasteiger partial charge >= 0.3 is 0 Å². The molecule has 5 heteroatoms. The SMILES string of the molecule is Cc1nc(SCCCCO)c2c(C)c(C)sc2n1. The number of thiophene rings is 1. The molecule has 18 heavy (non-hydrogen) atoms. The van der Waals surface area contributed by atoms with Gasteiger partial charge in [-0.15, -0.1) is 23.1 Å². The number of rotatable bonds is 5. The van der Waals surface area contributed by atoms with Crippen LogP contribution in [0.15, 0.2) is 5.03 Å². The second-order valence-electron chi connectivity index (χ2n) is 4.32. The van der Waals surface area contributed by atoms with Gasteiger partial charge in [-0.1, -0.05) is 0 Å². The lowest BCUT2D eigenvalue weighted by molar-refractivity contribution is 0.287. The number of aliphatic hydroxyl groups is 1. The Balaban J connectivity index is 2.30. The van der Waals surface area contributed by atoms with Crippen LogP contribution in [0.5, 0.6) is 0 Å². The van der Waals surface area contributed by atoms with Crippen LogP contribution < -0.4 is 0 Å². The molecule has 98 valence electrons. The predicted molar refractivity (Wildman–Crippen MR) is 78.7 cm³/mol. The summed E-state index contributed by atoms with van der Waals surface area (Å²) in [5.74, 6) is 1.84. The third kappa shape index (κ3) is 2.84. The highest BCUT2D eigenvalue weighted by molar-refractivity contribution is 7.99. The molecule has 2 heterocycles. The Hall–Kier alpha value is -0.650. The van der Waals surface area contributed by atoms with E-state index in [1.807, 2.05) is 6.92 Å². The van der Waals surface area contributed by atoms with Crippen molar-refractivity contribution in [3.05, 3.63) is 16.3 Å². The summed E-state index contributed by atoms with van der Waals surface area (Å²) in [6.45, 7) is 6.50. The van der Waals surface area contributed by atoms with E-state index < -0.39 is 0 Å². The van der Waals surface area contributed by atoms with Crippen molar-refractivity contribution in [3.8, 4) is 0 Å². The van der Waals surface area contributed by atoms with E-state index in [4.69, 9.17) is 5.11 Å². The van der Waals surface area contributed by atoms with Gasteiger partial charge < -0.3 is 5.11 Å². The van der Waals surface area contributed by atoms with Crippen LogP contribution in [0.3, 0.4) is 0 Å². The summed E-state index contributed by atoms with van der Waals surface area (Å²) in [6.07, 6.45) is 1.88. The smallest absolute Gasteiger partial charge is 0.128 e. The van der Waals surface area contributed by atoms with Gasteiger partial charge in [-0.2, -0.15) is 0 Å². The topological polar surface area (TPSA) is 46.0 Å². The van der Waals surface area contributed by atoms with E-state index >= 15 is 0 Å². The van der Waals surface area contributed by atoms with Crippen LogP contribution in [0, 0.1) is 20.8 Å². The van der Waals surface area contributed by atoms with Crippen molar-refractivity contribution in [1.29, 1.82) is 0 Å². The Labute approximate surface area is 116 Å². The van der Waals surface area contributed by atoms with Crippen LogP contribution in [-0.4, -0.2) is 27.4 Å². The Kier molecular flexibility index (Phi) is 4.59. The first-order valence-corrected chi connectivity index (χ1v) is 7.91. The molecule has 3 nitrogen and oxygen atoms in total. The van der Waals surface area contributed by atoms with Gasteiger partial charge in [-0.25, -0.2) is 9.97 Å². The highest BCUT2D eigenvalue weighted by Gasteiger charge is 2.13. The van der Waals surface area contributed by atoms with Crippen molar-refractivity contribution < 1.29 is 5.11 Å². The van der Waals surface area contributed by atoms with Gasteiger partial charge in [0.05, 0.1) is 0 Å². The van der Waals surface area contributed by atoms with E-state index in [1.165, 1.54) is 15.8 Å². The Bertz CT molecular complexity index is 551. The minimum Gasteiger partial charge on any atom is -0.396 e. The first kappa shape index (κ1) is 13.8. The summed E-state index contributed by atoms with van der Waals surface area (Å²) in [5, 5.41) is 11.1. The van der Waals surface area contributed by atoms with Crippen molar-refractivity contribution in [1.82, 2.24) is 9.97 Å². The Morgan fingerprint density at radius 3 is 2.67 bits per heavy atom. The van der Waals surface area contributed by atoms with Crippen molar-refractivity contribution in [2.75, 3.05) is 12.4 Å². The van der Waals surface area contributed by atoms with Crippen LogP contribution in [0.2, 0.25) is 0 Å². The first-order valence-electron chi connectivity index (χ1n) is 6.11. The lowest BCUT2D eigenvalue weighted by Crippen LogP contribution is -1.93. The number of aromatic nitrogens is 2. The molecule has 0 aliphatic rings. The number of aliphatic hydroxyl groups excluding tert-OH is 1. The minimum absolute atomic E-state index is 0.273. The second kappa shape index (κ2) is 5.99.